The van der Waals surface area contributed by atoms with Crippen molar-refractivity contribution in [3.63, 3.8) is 0 Å². The molecule has 16 heavy (non-hydrogen) atoms. The second-order valence-corrected chi connectivity index (χ2v) is 4.60. The summed E-state index contributed by atoms with van der Waals surface area (Å²) in [6, 6.07) is 10.7. The molecule has 0 amide bonds. The molecule has 2 N–H and O–H groups in total. The normalized spacial score (nSPS) is 15.1. The molecule has 2 heteroatoms. The summed E-state index contributed by atoms with van der Waals surface area (Å²) in [4.78, 5) is 0. The quantitative estimate of drug-likeness (QED) is 0.774. The molecule has 0 radical (unpaired) electrons. The van der Waals surface area contributed by atoms with Gasteiger partial charge >= 0.3 is 0 Å². The van der Waals surface area contributed by atoms with Gasteiger partial charge in [0.1, 0.15) is 0 Å². The molecule has 1 aromatic carbocycles. The van der Waals surface area contributed by atoms with Gasteiger partial charge in [0.25, 0.3) is 0 Å². The maximum absolute atomic E-state index is 9.57. The first-order valence-electron chi connectivity index (χ1n) is 6.11. The molecule has 0 fully saturated rings. The van der Waals surface area contributed by atoms with Crippen molar-refractivity contribution in [3.05, 3.63) is 35.9 Å². The van der Waals surface area contributed by atoms with E-state index in [-0.39, 0.29) is 6.10 Å². The standard InChI is InChI=1S/C14H23NO/c1-4-13(16)10-15-14(11(2)3)12-8-6-5-7-9-12/h5-9,11,13-16H,4,10H2,1-3H3. The minimum atomic E-state index is -0.245. The summed E-state index contributed by atoms with van der Waals surface area (Å²) < 4.78 is 0. The van der Waals surface area contributed by atoms with Crippen LogP contribution in [0.15, 0.2) is 30.3 Å². The van der Waals surface area contributed by atoms with Gasteiger partial charge in [0.2, 0.25) is 0 Å². The van der Waals surface area contributed by atoms with Gasteiger partial charge in [0.05, 0.1) is 6.10 Å². The molecule has 0 saturated heterocycles. The van der Waals surface area contributed by atoms with E-state index in [1.165, 1.54) is 5.56 Å². The lowest BCUT2D eigenvalue weighted by Gasteiger charge is -2.24. The lowest BCUT2D eigenvalue weighted by Crippen LogP contribution is -2.32. The topological polar surface area (TPSA) is 32.3 Å². The maximum atomic E-state index is 9.57. The number of hydrogen-bond donors (Lipinski definition) is 2. The van der Waals surface area contributed by atoms with Crippen LogP contribution >= 0.6 is 0 Å². The molecule has 0 aromatic heterocycles. The predicted octanol–water partition coefficient (Wildman–Crippen LogP) is 2.74. The third-order valence-corrected chi connectivity index (χ3v) is 2.87. The first-order valence-corrected chi connectivity index (χ1v) is 6.11. The van der Waals surface area contributed by atoms with Crippen molar-refractivity contribution in [2.75, 3.05) is 6.54 Å². The van der Waals surface area contributed by atoms with E-state index >= 15 is 0 Å². The number of hydrogen-bond acceptors (Lipinski definition) is 2. The summed E-state index contributed by atoms with van der Waals surface area (Å²) in [5.41, 5.74) is 1.29. The predicted molar refractivity (Wildman–Crippen MR) is 68.3 cm³/mol. The maximum Gasteiger partial charge on any atom is 0.0662 e. The van der Waals surface area contributed by atoms with Crippen molar-refractivity contribution in [3.8, 4) is 0 Å². The average molecular weight is 221 g/mol. The van der Waals surface area contributed by atoms with Crippen LogP contribution < -0.4 is 5.32 Å². The molecule has 0 bridgehead atoms. The second kappa shape index (κ2) is 6.66. The Morgan fingerprint density at radius 3 is 2.31 bits per heavy atom. The summed E-state index contributed by atoms with van der Waals surface area (Å²) in [5, 5.41) is 13.0. The van der Waals surface area contributed by atoms with Gasteiger partial charge in [-0.1, -0.05) is 51.1 Å². The fraction of sp³-hybridized carbons (Fsp3) is 0.571. The Labute approximate surface area is 98.7 Å². The summed E-state index contributed by atoms with van der Waals surface area (Å²) in [6.45, 7) is 7.06. The van der Waals surface area contributed by atoms with E-state index in [4.69, 9.17) is 0 Å². The number of aliphatic hydroxyl groups excluding tert-OH is 1. The van der Waals surface area contributed by atoms with E-state index in [2.05, 4.69) is 43.4 Å². The van der Waals surface area contributed by atoms with Crippen LogP contribution in [0.4, 0.5) is 0 Å². The smallest absolute Gasteiger partial charge is 0.0662 e. The first kappa shape index (κ1) is 13.2. The highest BCUT2D eigenvalue weighted by Crippen LogP contribution is 2.21. The molecule has 2 nitrogen and oxygen atoms in total. The van der Waals surface area contributed by atoms with Crippen molar-refractivity contribution < 1.29 is 5.11 Å². The molecule has 0 aliphatic heterocycles. The van der Waals surface area contributed by atoms with Crippen molar-refractivity contribution in [2.24, 2.45) is 5.92 Å². The van der Waals surface area contributed by atoms with Gasteiger partial charge < -0.3 is 10.4 Å². The van der Waals surface area contributed by atoms with Crippen LogP contribution in [0.2, 0.25) is 0 Å². The molecule has 0 heterocycles. The Morgan fingerprint density at radius 2 is 1.81 bits per heavy atom. The number of rotatable bonds is 6. The summed E-state index contributed by atoms with van der Waals surface area (Å²) in [7, 11) is 0. The van der Waals surface area contributed by atoms with Gasteiger partial charge in [-0.15, -0.1) is 0 Å². The van der Waals surface area contributed by atoms with Gasteiger partial charge in [0.15, 0.2) is 0 Å². The van der Waals surface area contributed by atoms with Crippen LogP contribution in [-0.4, -0.2) is 17.8 Å². The molecular formula is C14H23NO. The van der Waals surface area contributed by atoms with Crippen molar-refractivity contribution >= 4 is 0 Å². The van der Waals surface area contributed by atoms with Crippen molar-refractivity contribution in [2.45, 2.75) is 39.3 Å². The van der Waals surface area contributed by atoms with E-state index in [0.29, 0.717) is 18.5 Å². The van der Waals surface area contributed by atoms with E-state index in [9.17, 15) is 5.11 Å². The zero-order chi connectivity index (χ0) is 12.0. The van der Waals surface area contributed by atoms with E-state index in [1.54, 1.807) is 0 Å². The highest BCUT2D eigenvalue weighted by Gasteiger charge is 2.15. The lowest BCUT2D eigenvalue weighted by atomic mass is 9.96. The minimum Gasteiger partial charge on any atom is -0.392 e. The van der Waals surface area contributed by atoms with E-state index in [1.807, 2.05) is 13.0 Å². The Bertz CT molecular complexity index is 284. The Balaban J connectivity index is 2.62. The summed E-state index contributed by atoms with van der Waals surface area (Å²) in [6.07, 6.45) is 0.553. The molecular weight excluding hydrogens is 198 g/mol. The van der Waals surface area contributed by atoms with Crippen molar-refractivity contribution in [1.29, 1.82) is 0 Å². The Kier molecular flexibility index (Phi) is 5.50. The van der Waals surface area contributed by atoms with Gasteiger partial charge in [-0.05, 0) is 17.9 Å². The number of aliphatic hydroxyl groups is 1. The fourth-order valence-electron chi connectivity index (χ4n) is 1.81. The average Bonchev–Trinajstić information content (AvgIpc) is 2.30. The van der Waals surface area contributed by atoms with Gasteiger partial charge in [0, 0.05) is 12.6 Å². The minimum absolute atomic E-state index is 0.245. The molecule has 0 aliphatic carbocycles. The number of nitrogens with one attached hydrogen (secondary N) is 1. The molecule has 0 spiro atoms. The van der Waals surface area contributed by atoms with E-state index in [0.717, 1.165) is 6.42 Å². The molecule has 0 aliphatic rings. The third kappa shape index (κ3) is 3.95. The van der Waals surface area contributed by atoms with Crippen LogP contribution in [0, 0.1) is 5.92 Å². The second-order valence-electron chi connectivity index (χ2n) is 4.60. The molecule has 1 aromatic rings. The monoisotopic (exact) mass is 221 g/mol. The summed E-state index contributed by atoms with van der Waals surface area (Å²) in [5.74, 6) is 0.520. The van der Waals surface area contributed by atoms with Crippen LogP contribution in [-0.2, 0) is 0 Å². The van der Waals surface area contributed by atoms with Gasteiger partial charge in [-0.2, -0.15) is 0 Å². The van der Waals surface area contributed by atoms with Crippen LogP contribution in [0.3, 0.4) is 0 Å². The molecule has 2 unspecified atom stereocenters. The van der Waals surface area contributed by atoms with E-state index < -0.39 is 0 Å². The zero-order valence-electron chi connectivity index (χ0n) is 10.5. The molecule has 90 valence electrons. The molecule has 1 rings (SSSR count). The highest BCUT2D eigenvalue weighted by atomic mass is 16.3. The highest BCUT2D eigenvalue weighted by molar-refractivity contribution is 5.19. The van der Waals surface area contributed by atoms with Gasteiger partial charge in [-0.25, -0.2) is 0 Å². The van der Waals surface area contributed by atoms with Crippen LogP contribution in [0.5, 0.6) is 0 Å². The van der Waals surface area contributed by atoms with Gasteiger partial charge in [-0.3, -0.25) is 0 Å². The Hall–Kier alpha value is -0.860. The zero-order valence-corrected chi connectivity index (χ0v) is 10.5. The lowest BCUT2D eigenvalue weighted by molar-refractivity contribution is 0.159. The SMILES string of the molecule is CCC(O)CNC(c1ccccc1)C(C)C. The largest absolute Gasteiger partial charge is 0.392 e. The third-order valence-electron chi connectivity index (χ3n) is 2.87. The van der Waals surface area contributed by atoms with Crippen LogP contribution in [0.25, 0.3) is 0 Å². The first-order chi connectivity index (χ1) is 7.65. The Morgan fingerprint density at radius 1 is 1.19 bits per heavy atom. The van der Waals surface area contributed by atoms with Crippen molar-refractivity contribution in [1.82, 2.24) is 5.32 Å². The molecule has 0 saturated carbocycles. The summed E-state index contributed by atoms with van der Waals surface area (Å²) >= 11 is 0. The fourth-order valence-corrected chi connectivity index (χ4v) is 1.81. The number of benzene rings is 1. The van der Waals surface area contributed by atoms with Crippen LogP contribution in [0.1, 0.15) is 38.8 Å². The molecule has 2 atom stereocenters.